The molecule has 1 fully saturated rings. The first-order valence-electron chi connectivity index (χ1n) is 9.59. The maximum absolute atomic E-state index is 12.9. The summed E-state index contributed by atoms with van der Waals surface area (Å²) >= 11 is 0. The summed E-state index contributed by atoms with van der Waals surface area (Å²) in [6.07, 6.45) is -2.88. The van der Waals surface area contributed by atoms with Gasteiger partial charge in [-0.1, -0.05) is 18.2 Å². The predicted molar refractivity (Wildman–Crippen MR) is 106 cm³/mol. The highest BCUT2D eigenvalue weighted by atomic mass is 32.2. The number of halogens is 3. The second-order valence-corrected chi connectivity index (χ2v) is 9.34. The first kappa shape index (κ1) is 22.3. The molecule has 162 valence electrons. The van der Waals surface area contributed by atoms with Crippen LogP contribution in [-0.4, -0.2) is 31.7 Å². The van der Waals surface area contributed by atoms with Gasteiger partial charge >= 0.3 is 6.18 Å². The molecule has 1 atom stereocenters. The Morgan fingerprint density at radius 3 is 2.40 bits per heavy atom. The Hall–Kier alpha value is -2.39. The van der Waals surface area contributed by atoms with Gasteiger partial charge in [0.1, 0.15) is 0 Å². The van der Waals surface area contributed by atoms with Gasteiger partial charge in [0.05, 0.1) is 16.5 Å². The minimum absolute atomic E-state index is 0.0341. The molecule has 0 saturated carbocycles. The Morgan fingerprint density at radius 1 is 1.10 bits per heavy atom. The third-order valence-corrected chi connectivity index (χ3v) is 7.11. The Labute approximate surface area is 173 Å². The molecule has 3 rings (SSSR count). The van der Waals surface area contributed by atoms with Crippen LogP contribution in [0.2, 0.25) is 0 Å². The lowest BCUT2D eigenvalue weighted by molar-refractivity contribution is -0.137. The highest BCUT2D eigenvalue weighted by Gasteiger charge is 2.31. The number of aryl methyl sites for hydroxylation is 1. The third-order valence-electron chi connectivity index (χ3n) is 5.22. The lowest BCUT2D eigenvalue weighted by atomic mass is 10.0. The van der Waals surface area contributed by atoms with E-state index in [0.717, 1.165) is 25.0 Å². The van der Waals surface area contributed by atoms with Crippen LogP contribution < -0.4 is 5.32 Å². The summed E-state index contributed by atoms with van der Waals surface area (Å²) in [4.78, 5) is 12.8. The van der Waals surface area contributed by atoms with Crippen molar-refractivity contribution < 1.29 is 26.4 Å². The molecule has 1 heterocycles. The molecule has 1 aliphatic heterocycles. The maximum Gasteiger partial charge on any atom is 0.416 e. The molecule has 2 aromatic rings. The second kappa shape index (κ2) is 8.39. The van der Waals surface area contributed by atoms with Crippen LogP contribution in [-0.2, 0) is 16.2 Å². The van der Waals surface area contributed by atoms with Crippen molar-refractivity contribution >= 4 is 15.9 Å². The van der Waals surface area contributed by atoms with Gasteiger partial charge < -0.3 is 5.32 Å². The number of hydrogen-bond donors (Lipinski definition) is 1. The van der Waals surface area contributed by atoms with E-state index >= 15 is 0 Å². The summed E-state index contributed by atoms with van der Waals surface area (Å²) in [5, 5.41) is 2.67. The van der Waals surface area contributed by atoms with E-state index in [1.54, 1.807) is 19.9 Å². The molecule has 1 amide bonds. The number of hydrogen-bond acceptors (Lipinski definition) is 3. The summed E-state index contributed by atoms with van der Waals surface area (Å²) in [5.74, 6) is -0.545. The summed E-state index contributed by atoms with van der Waals surface area (Å²) in [7, 11) is -3.69. The Morgan fingerprint density at radius 2 is 1.77 bits per heavy atom. The molecule has 1 aliphatic rings. The number of rotatable bonds is 5. The number of carbonyl (C=O) groups excluding carboxylic acids is 1. The molecule has 2 aromatic carbocycles. The average Bonchev–Trinajstić information content (AvgIpc) is 3.23. The lowest BCUT2D eigenvalue weighted by Gasteiger charge is -2.19. The van der Waals surface area contributed by atoms with E-state index in [1.807, 2.05) is 0 Å². The normalized spacial score (nSPS) is 16.4. The van der Waals surface area contributed by atoms with Crippen molar-refractivity contribution in [2.24, 2.45) is 0 Å². The first-order valence-corrected chi connectivity index (χ1v) is 11.0. The van der Waals surface area contributed by atoms with Crippen molar-refractivity contribution in [3.63, 3.8) is 0 Å². The second-order valence-electron chi connectivity index (χ2n) is 7.41. The zero-order valence-corrected chi connectivity index (χ0v) is 17.5. The van der Waals surface area contributed by atoms with Crippen LogP contribution >= 0.6 is 0 Å². The predicted octanol–water partition coefficient (Wildman–Crippen LogP) is 4.29. The van der Waals surface area contributed by atoms with E-state index in [1.165, 1.54) is 28.6 Å². The fourth-order valence-electron chi connectivity index (χ4n) is 3.43. The van der Waals surface area contributed by atoms with Gasteiger partial charge in [0, 0.05) is 18.7 Å². The molecule has 0 radical (unpaired) electrons. The highest BCUT2D eigenvalue weighted by molar-refractivity contribution is 7.89. The molecule has 0 aromatic heterocycles. The molecule has 1 N–H and O–H groups in total. The molecule has 9 heteroatoms. The topological polar surface area (TPSA) is 66.5 Å². The molecule has 0 unspecified atom stereocenters. The van der Waals surface area contributed by atoms with Gasteiger partial charge in [-0.15, -0.1) is 0 Å². The molecule has 0 aliphatic carbocycles. The number of benzene rings is 2. The molecule has 0 spiro atoms. The van der Waals surface area contributed by atoms with E-state index in [-0.39, 0.29) is 10.5 Å². The first-order chi connectivity index (χ1) is 14.0. The molecular formula is C21H23F3N2O3S. The number of nitrogens with one attached hydrogen (secondary N) is 1. The fraction of sp³-hybridized carbons (Fsp3) is 0.381. The van der Waals surface area contributed by atoms with E-state index in [4.69, 9.17) is 0 Å². The van der Waals surface area contributed by atoms with Crippen LogP contribution in [0.3, 0.4) is 0 Å². The zero-order valence-electron chi connectivity index (χ0n) is 16.7. The molecule has 30 heavy (non-hydrogen) atoms. The quantitative estimate of drug-likeness (QED) is 0.754. The van der Waals surface area contributed by atoms with Gasteiger partial charge in [-0.05, 0) is 62.1 Å². The van der Waals surface area contributed by atoms with Crippen molar-refractivity contribution in [2.75, 3.05) is 13.1 Å². The van der Waals surface area contributed by atoms with E-state index in [2.05, 4.69) is 5.32 Å². The van der Waals surface area contributed by atoms with Crippen molar-refractivity contribution in [2.45, 2.75) is 43.8 Å². The van der Waals surface area contributed by atoms with Crippen molar-refractivity contribution in [3.8, 4) is 0 Å². The fourth-order valence-corrected chi connectivity index (χ4v) is 4.97. The third kappa shape index (κ3) is 4.67. The van der Waals surface area contributed by atoms with Crippen LogP contribution in [0.4, 0.5) is 13.2 Å². The molecule has 0 bridgehead atoms. The monoisotopic (exact) mass is 440 g/mol. The summed E-state index contributed by atoms with van der Waals surface area (Å²) in [6.45, 7) is 4.15. The minimum atomic E-state index is -4.48. The number of sulfonamides is 1. The van der Waals surface area contributed by atoms with Crippen LogP contribution in [0.25, 0.3) is 0 Å². The average molecular weight is 440 g/mol. The Bertz CT molecular complexity index is 1050. The number of alkyl halides is 3. The van der Waals surface area contributed by atoms with Gasteiger partial charge in [-0.25, -0.2) is 8.42 Å². The smallest absolute Gasteiger partial charge is 0.346 e. The van der Waals surface area contributed by atoms with Crippen LogP contribution in [0.1, 0.15) is 52.9 Å². The van der Waals surface area contributed by atoms with E-state index < -0.39 is 33.7 Å². The largest absolute Gasteiger partial charge is 0.416 e. The number of carbonyl (C=O) groups is 1. The van der Waals surface area contributed by atoms with Crippen molar-refractivity contribution in [3.05, 3.63) is 64.7 Å². The van der Waals surface area contributed by atoms with Crippen molar-refractivity contribution in [1.29, 1.82) is 0 Å². The summed E-state index contributed by atoms with van der Waals surface area (Å²) in [6, 6.07) is 8.41. The maximum atomic E-state index is 12.9. The van der Waals surface area contributed by atoms with Gasteiger partial charge in [0.25, 0.3) is 5.91 Å². The van der Waals surface area contributed by atoms with Gasteiger partial charge in [0.15, 0.2) is 0 Å². The minimum Gasteiger partial charge on any atom is -0.346 e. The lowest BCUT2D eigenvalue weighted by Crippen LogP contribution is -2.30. The summed E-state index contributed by atoms with van der Waals surface area (Å²) in [5.41, 5.74) is 0.255. The standard InChI is InChI=1S/C21H23F3N2O3S/c1-14-8-9-18(30(28,29)26-10-3-4-11-26)13-19(14)20(27)25-15(2)16-6-5-7-17(12-16)21(22,23)24/h5-9,12-13,15H,3-4,10-11H2,1-2H3,(H,25,27)/t15-/m0/s1. The van der Waals surface area contributed by atoms with Gasteiger partial charge in [-0.3, -0.25) is 4.79 Å². The SMILES string of the molecule is Cc1ccc(S(=O)(=O)N2CCCC2)cc1C(=O)N[C@@H](C)c1cccc(C(F)(F)F)c1. The molecule has 5 nitrogen and oxygen atoms in total. The van der Waals surface area contributed by atoms with Crippen LogP contribution in [0, 0.1) is 6.92 Å². The number of nitrogens with zero attached hydrogens (tertiary/aromatic N) is 1. The Kier molecular flexibility index (Phi) is 6.24. The summed E-state index contributed by atoms with van der Waals surface area (Å²) < 4.78 is 65.8. The number of amides is 1. The van der Waals surface area contributed by atoms with Crippen LogP contribution in [0.5, 0.6) is 0 Å². The van der Waals surface area contributed by atoms with E-state index in [9.17, 15) is 26.4 Å². The van der Waals surface area contributed by atoms with Crippen molar-refractivity contribution in [1.82, 2.24) is 9.62 Å². The Balaban J connectivity index is 1.83. The zero-order chi connectivity index (χ0) is 22.1. The van der Waals surface area contributed by atoms with Gasteiger partial charge in [0.2, 0.25) is 10.0 Å². The highest BCUT2D eigenvalue weighted by Crippen LogP contribution is 2.31. The van der Waals surface area contributed by atoms with Gasteiger partial charge in [-0.2, -0.15) is 17.5 Å². The molecule has 1 saturated heterocycles. The van der Waals surface area contributed by atoms with E-state index in [0.29, 0.717) is 24.2 Å². The van der Waals surface area contributed by atoms with Crippen LogP contribution in [0.15, 0.2) is 47.4 Å². The molecular weight excluding hydrogens is 417 g/mol.